The van der Waals surface area contributed by atoms with Crippen LogP contribution in [0.25, 0.3) is 11.0 Å². The maximum atomic E-state index is 12.9. The van der Waals surface area contributed by atoms with E-state index in [1.165, 1.54) is 15.9 Å². The van der Waals surface area contributed by atoms with E-state index in [9.17, 15) is 8.42 Å². The van der Waals surface area contributed by atoms with E-state index < -0.39 is 10.0 Å². The maximum Gasteiger partial charge on any atom is 0.269 e. The van der Waals surface area contributed by atoms with Gasteiger partial charge in [-0.2, -0.15) is 0 Å². The molecule has 0 bridgehead atoms. The highest BCUT2D eigenvalue weighted by molar-refractivity contribution is 7.99. The summed E-state index contributed by atoms with van der Waals surface area (Å²) in [6, 6.07) is 13.9. The Kier molecular flexibility index (Phi) is 4.94. The summed E-state index contributed by atoms with van der Waals surface area (Å²) in [5, 5.41) is 0.768. The van der Waals surface area contributed by atoms with Gasteiger partial charge in [0.25, 0.3) is 10.0 Å². The van der Waals surface area contributed by atoms with Crippen molar-refractivity contribution in [3.05, 3.63) is 60.4 Å². The largest absolute Gasteiger partial charge is 0.269 e. The van der Waals surface area contributed by atoms with E-state index in [2.05, 4.69) is 30.2 Å². The molecular formula is C19H21N3O2S2. The molecule has 0 fully saturated rings. The van der Waals surface area contributed by atoms with Crippen LogP contribution in [0.4, 0.5) is 0 Å². The van der Waals surface area contributed by atoms with Crippen LogP contribution in [0.1, 0.15) is 33.4 Å². The first kappa shape index (κ1) is 18.7. The summed E-state index contributed by atoms with van der Waals surface area (Å²) in [5.74, 6) is 0. The summed E-state index contributed by atoms with van der Waals surface area (Å²) in [6.07, 6.45) is 1.54. The summed E-state index contributed by atoms with van der Waals surface area (Å²) in [5.41, 5.74) is 1.83. The van der Waals surface area contributed by atoms with Crippen LogP contribution >= 0.6 is 11.9 Å². The van der Waals surface area contributed by atoms with Crippen molar-refractivity contribution in [2.24, 2.45) is 4.40 Å². The van der Waals surface area contributed by atoms with Crippen LogP contribution in [0.5, 0.6) is 0 Å². The first-order chi connectivity index (χ1) is 12.2. The molecule has 136 valence electrons. The monoisotopic (exact) mass is 387 g/mol. The fraction of sp³-hybridized carbons (Fsp3) is 0.263. The second-order valence-corrected chi connectivity index (χ2v) is 10.3. The van der Waals surface area contributed by atoms with Crippen molar-refractivity contribution in [1.29, 1.82) is 0 Å². The second-order valence-electron chi connectivity index (χ2n) is 6.92. The topological polar surface area (TPSA) is 64.3 Å². The predicted molar refractivity (Wildman–Crippen MR) is 108 cm³/mol. The molecule has 7 heteroatoms. The predicted octanol–water partition coefficient (Wildman–Crippen LogP) is 4.53. The molecule has 0 aliphatic rings. The standard InChI is InChI=1S/C19H21N3O2S2/c1-14(21-25-19(2,3)4)17-11-10-15-12-13-22(18(15)20-17)26(23,24)16-8-6-5-7-9-16/h5-13H,1-4H3/b21-14+. The number of hydrogen-bond donors (Lipinski definition) is 0. The van der Waals surface area contributed by atoms with Crippen molar-refractivity contribution in [3.8, 4) is 0 Å². The minimum absolute atomic E-state index is 0.00221. The van der Waals surface area contributed by atoms with E-state index in [-0.39, 0.29) is 9.64 Å². The molecule has 2 heterocycles. The number of hydrogen-bond acceptors (Lipinski definition) is 5. The van der Waals surface area contributed by atoms with Crippen LogP contribution in [-0.2, 0) is 10.0 Å². The van der Waals surface area contributed by atoms with E-state index in [4.69, 9.17) is 0 Å². The van der Waals surface area contributed by atoms with Gasteiger partial charge in [-0.15, -0.1) is 0 Å². The Labute approximate surface area is 158 Å². The van der Waals surface area contributed by atoms with Gasteiger partial charge in [0.05, 0.1) is 16.3 Å². The summed E-state index contributed by atoms with van der Waals surface area (Å²) in [6.45, 7) is 8.14. The van der Waals surface area contributed by atoms with Gasteiger partial charge < -0.3 is 0 Å². The fourth-order valence-electron chi connectivity index (χ4n) is 2.34. The van der Waals surface area contributed by atoms with Crippen LogP contribution in [0.3, 0.4) is 0 Å². The quantitative estimate of drug-likeness (QED) is 0.487. The Hall–Kier alpha value is -2.12. The number of aromatic nitrogens is 2. The molecule has 1 aromatic carbocycles. The highest BCUT2D eigenvalue weighted by Crippen LogP contribution is 2.26. The Morgan fingerprint density at radius 1 is 1.08 bits per heavy atom. The Morgan fingerprint density at radius 2 is 1.77 bits per heavy atom. The van der Waals surface area contributed by atoms with Gasteiger partial charge in [0, 0.05) is 16.3 Å². The zero-order valence-corrected chi connectivity index (χ0v) is 16.8. The Morgan fingerprint density at radius 3 is 2.42 bits per heavy atom. The number of pyridine rings is 1. The van der Waals surface area contributed by atoms with E-state index in [1.54, 1.807) is 42.6 Å². The average molecular weight is 388 g/mol. The molecule has 0 N–H and O–H groups in total. The van der Waals surface area contributed by atoms with Crippen molar-refractivity contribution >= 4 is 38.7 Å². The second kappa shape index (κ2) is 6.89. The number of rotatable bonds is 4. The van der Waals surface area contributed by atoms with E-state index >= 15 is 0 Å². The Bertz CT molecular complexity index is 1060. The molecule has 26 heavy (non-hydrogen) atoms. The lowest BCUT2D eigenvalue weighted by atomic mass is 10.2. The van der Waals surface area contributed by atoms with E-state index in [0.29, 0.717) is 11.3 Å². The lowest BCUT2D eigenvalue weighted by molar-refractivity contribution is 0.589. The van der Waals surface area contributed by atoms with E-state index in [1.807, 2.05) is 19.1 Å². The normalized spacial score (nSPS) is 13.3. The molecule has 3 aromatic rings. The van der Waals surface area contributed by atoms with Crippen molar-refractivity contribution in [2.75, 3.05) is 0 Å². The zero-order valence-electron chi connectivity index (χ0n) is 15.2. The lowest BCUT2D eigenvalue weighted by Crippen LogP contribution is -2.13. The number of nitrogens with zero attached hydrogens (tertiary/aromatic N) is 3. The Balaban J connectivity index is 2.07. The maximum absolute atomic E-state index is 12.9. The molecule has 0 amide bonds. The average Bonchev–Trinajstić information content (AvgIpc) is 3.03. The van der Waals surface area contributed by atoms with Crippen molar-refractivity contribution < 1.29 is 8.42 Å². The summed E-state index contributed by atoms with van der Waals surface area (Å²) >= 11 is 1.47. The van der Waals surface area contributed by atoms with Gasteiger partial charge in [-0.1, -0.05) is 18.2 Å². The number of benzene rings is 1. The molecule has 3 rings (SSSR count). The molecule has 0 atom stereocenters. The van der Waals surface area contributed by atoms with Crippen LogP contribution in [0.2, 0.25) is 0 Å². The van der Waals surface area contributed by atoms with Gasteiger partial charge in [0.2, 0.25) is 0 Å². The minimum atomic E-state index is -3.69. The first-order valence-electron chi connectivity index (χ1n) is 8.20. The highest BCUT2D eigenvalue weighted by atomic mass is 32.2. The molecule has 0 saturated carbocycles. The van der Waals surface area contributed by atoms with Crippen molar-refractivity contribution in [3.63, 3.8) is 0 Å². The molecule has 0 aliphatic heterocycles. The van der Waals surface area contributed by atoms with Crippen LogP contribution in [-0.4, -0.2) is 27.8 Å². The van der Waals surface area contributed by atoms with Gasteiger partial charge >= 0.3 is 0 Å². The summed E-state index contributed by atoms with van der Waals surface area (Å²) in [4.78, 5) is 4.80. The lowest BCUT2D eigenvalue weighted by Gasteiger charge is -2.13. The van der Waals surface area contributed by atoms with Gasteiger partial charge in [0.1, 0.15) is 0 Å². The molecule has 0 unspecified atom stereocenters. The molecule has 5 nitrogen and oxygen atoms in total. The SMILES string of the molecule is C/C(=N\SC(C)(C)C)c1ccc2ccn(S(=O)(=O)c3ccccc3)c2n1. The van der Waals surface area contributed by atoms with Crippen LogP contribution in [0.15, 0.2) is 64.0 Å². The van der Waals surface area contributed by atoms with Gasteiger partial charge in [-0.3, -0.25) is 0 Å². The molecule has 0 spiro atoms. The van der Waals surface area contributed by atoms with E-state index in [0.717, 1.165) is 11.1 Å². The smallest absolute Gasteiger partial charge is 0.228 e. The van der Waals surface area contributed by atoms with Crippen LogP contribution < -0.4 is 0 Å². The summed E-state index contributed by atoms with van der Waals surface area (Å²) in [7, 11) is -3.69. The third-order valence-corrected chi connectivity index (χ3v) is 6.22. The summed E-state index contributed by atoms with van der Waals surface area (Å²) < 4.78 is 31.6. The highest BCUT2D eigenvalue weighted by Gasteiger charge is 2.20. The third-order valence-electron chi connectivity index (χ3n) is 3.63. The molecule has 0 saturated heterocycles. The third kappa shape index (κ3) is 3.83. The van der Waals surface area contributed by atoms with Gasteiger partial charge in [0.15, 0.2) is 5.65 Å². The van der Waals surface area contributed by atoms with Crippen LogP contribution in [0, 0.1) is 0 Å². The van der Waals surface area contributed by atoms with Crippen molar-refractivity contribution in [1.82, 2.24) is 8.96 Å². The number of fused-ring (bicyclic) bond motifs is 1. The molecule has 0 radical (unpaired) electrons. The molecule has 2 aromatic heterocycles. The molecular weight excluding hydrogens is 366 g/mol. The zero-order chi connectivity index (χ0) is 18.9. The fourth-order valence-corrected chi connectivity index (χ4v) is 4.17. The van der Waals surface area contributed by atoms with Gasteiger partial charge in [-0.05, 0) is 70.0 Å². The van der Waals surface area contributed by atoms with Crippen molar-refractivity contribution in [2.45, 2.75) is 37.3 Å². The first-order valence-corrected chi connectivity index (χ1v) is 10.4. The van der Waals surface area contributed by atoms with Gasteiger partial charge in [-0.25, -0.2) is 21.8 Å². The minimum Gasteiger partial charge on any atom is -0.228 e. The molecule has 0 aliphatic carbocycles.